The number of hydrogen-bond acceptors (Lipinski definition) is 6. The van der Waals surface area contributed by atoms with Gasteiger partial charge in [0.25, 0.3) is 5.91 Å². The van der Waals surface area contributed by atoms with Crippen molar-refractivity contribution < 1.29 is 28.7 Å². The van der Waals surface area contributed by atoms with Crippen molar-refractivity contribution in [1.29, 1.82) is 0 Å². The third-order valence-electron chi connectivity index (χ3n) is 7.07. The van der Waals surface area contributed by atoms with Crippen molar-refractivity contribution in [1.82, 2.24) is 9.80 Å². The van der Waals surface area contributed by atoms with Gasteiger partial charge in [-0.1, -0.05) is 11.6 Å². The van der Waals surface area contributed by atoms with Gasteiger partial charge in [-0.15, -0.1) is 0 Å². The Labute approximate surface area is 223 Å². The Bertz CT molecular complexity index is 1090. The third-order valence-corrected chi connectivity index (χ3v) is 7.07. The average Bonchev–Trinajstić information content (AvgIpc) is 3.28. The number of benzene rings is 1. The molecule has 0 bridgehead atoms. The van der Waals surface area contributed by atoms with Crippen LogP contribution in [0, 0.1) is 0 Å². The molecule has 0 saturated carbocycles. The number of nitrogens with zero attached hydrogens (tertiary/aromatic N) is 2. The number of fused-ring (bicyclic) bond motifs is 1. The molecule has 2 aliphatic heterocycles. The zero-order valence-electron chi connectivity index (χ0n) is 22.4. The van der Waals surface area contributed by atoms with Gasteiger partial charge >= 0.3 is 6.09 Å². The lowest BCUT2D eigenvalue weighted by Crippen LogP contribution is -2.58. The van der Waals surface area contributed by atoms with E-state index in [0.717, 1.165) is 25.7 Å². The molecule has 2 heterocycles. The van der Waals surface area contributed by atoms with Gasteiger partial charge in [0.1, 0.15) is 11.7 Å². The van der Waals surface area contributed by atoms with Crippen LogP contribution in [0.25, 0.3) is 0 Å². The summed E-state index contributed by atoms with van der Waals surface area (Å²) in [5, 5.41) is 2.75. The van der Waals surface area contributed by atoms with Crippen LogP contribution in [0.3, 0.4) is 0 Å². The molecule has 3 N–H and O–H groups in total. The van der Waals surface area contributed by atoms with Gasteiger partial charge in [-0.2, -0.15) is 0 Å². The lowest BCUT2D eigenvalue weighted by atomic mass is 9.96. The van der Waals surface area contributed by atoms with Gasteiger partial charge in [-0.05, 0) is 77.1 Å². The Balaban J connectivity index is 1.45. The Morgan fingerprint density at radius 1 is 1.13 bits per heavy atom. The molecular weight excluding hydrogens is 488 g/mol. The quantitative estimate of drug-likeness (QED) is 0.525. The molecular formula is C28H38N4O6. The van der Waals surface area contributed by atoms with Crippen molar-refractivity contribution in [2.75, 3.05) is 25.0 Å². The van der Waals surface area contributed by atoms with E-state index in [1.54, 1.807) is 21.9 Å². The van der Waals surface area contributed by atoms with Crippen molar-refractivity contribution >= 4 is 29.5 Å². The van der Waals surface area contributed by atoms with Crippen LogP contribution in [0.2, 0.25) is 0 Å². The minimum Gasteiger partial charge on any atom is -0.444 e. The molecule has 2 saturated heterocycles. The maximum atomic E-state index is 13.6. The zero-order valence-corrected chi connectivity index (χ0v) is 22.4. The molecule has 2 fully saturated rings. The highest BCUT2D eigenvalue weighted by molar-refractivity contribution is 5.96. The number of likely N-dealkylation sites (tertiary alicyclic amines) is 1. The fourth-order valence-corrected chi connectivity index (χ4v) is 5.19. The van der Waals surface area contributed by atoms with Crippen LogP contribution in [0.5, 0.6) is 0 Å². The first-order chi connectivity index (χ1) is 18.0. The van der Waals surface area contributed by atoms with E-state index in [1.807, 2.05) is 20.8 Å². The van der Waals surface area contributed by atoms with Crippen LogP contribution in [-0.2, 0) is 19.1 Å². The predicted octanol–water partition coefficient (Wildman–Crippen LogP) is 3.22. The number of ether oxygens (including phenoxy) is 2. The number of morpholine rings is 1. The molecule has 1 aromatic carbocycles. The van der Waals surface area contributed by atoms with E-state index in [2.05, 4.69) is 11.4 Å². The number of anilines is 1. The summed E-state index contributed by atoms with van der Waals surface area (Å²) in [4.78, 5) is 53.8. The highest BCUT2D eigenvalue weighted by Crippen LogP contribution is 2.30. The summed E-state index contributed by atoms with van der Waals surface area (Å²) in [6.45, 7) is 6.58. The summed E-state index contributed by atoms with van der Waals surface area (Å²) in [6.07, 6.45) is 5.52. The fourth-order valence-electron chi connectivity index (χ4n) is 5.19. The number of rotatable bonds is 7. The zero-order chi connectivity index (χ0) is 27.4. The molecule has 1 aliphatic carbocycles. The minimum absolute atomic E-state index is 0.161. The topological polar surface area (TPSA) is 131 Å². The Hall–Kier alpha value is -3.40. The normalized spacial score (nSPS) is 23.5. The average molecular weight is 527 g/mol. The summed E-state index contributed by atoms with van der Waals surface area (Å²) < 4.78 is 11.7. The highest BCUT2D eigenvalue weighted by atomic mass is 16.6. The monoisotopic (exact) mass is 526 g/mol. The smallest absolute Gasteiger partial charge is 0.410 e. The molecule has 3 aliphatic rings. The lowest BCUT2D eigenvalue weighted by molar-refractivity contribution is -0.168. The molecule has 10 nitrogen and oxygen atoms in total. The van der Waals surface area contributed by atoms with Gasteiger partial charge in [-0.3, -0.25) is 14.4 Å². The second-order valence-electron chi connectivity index (χ2n) is 11.2. The van der Waals surface area contributed by atoms with Gasteiger partial charge in [-0.25, -0.2) is 4.79 Å². The third kappa shape index (κ3) is 6.92. The van der Waals surface area contributed by atoms with Crippen molar-refractivity contribution in [2.45, 2.75) is 83.1 Å². The van der Waals surface area contributed by atoms with Crippen LogP contribution < -0.4 is 11.1 Å². The number of nitrogens with one attached hydrogen (secondary N) is 1. The van der Waals surface area contributed by atoms with Crippen molar-refractivity contribution in [3.63, 3.8) is 0 Å². The van der Waals surface area contributed by atoms with Gasteiger partial charge in [0, 0.05) is 24.3 Å². The number of amides is 4. The molecule has 10 heteroatoms. The Morgan fingerprint density at radius 2 is 1.87 bits per heavy atom. The van der Waals surface area contributed by atoms with Crippen LogP contribution >= 0.6 is 0 Å². The van der Waals surface area contributed by atoms with E-state index in [1.165, 1.54) is 24.1 Å². The maximum Gasteiger partial charge on any atom is 0.410 e. The summed E-state index contributed by atoms with van der Waals surface area (Å²) in [6, 6.07) is 5.92. The summed E-state index contributed by atoms with van der Waals surface area (Å²) in [5.41, 5.74) is 6.80. The predicted molar refractivity (Wildman–Crippen MR) is 141 cm³/mol. The van der Waals surface area contributed by atoms with E-state index in [4.69, 9.17) is 15.2 Å². The summed E-state index contributed by atoms with van der Waals surface area (Å²) in [7, 11) is 0. The first-order valence-corrected chi connectivity index (χ1v) is 13.3. The van der Waals surface area contributed by atoms with E-state index in [9.17, 15) is 19.2 Å². The molecule has 206 valence electrons. The SMILES string of the molecule is CC(C)(C)OC(=O)N1CC2OC(CC(=O)Nc3ccc(C(N)=O)cc3)C(=O)N(CCC3=CCCCC3)C2C1. The maximum absolute atomic E-state index is 13.6. The molecule has 0 radical (unpaired) electrons. The van der Waals surface area contributed by atoms with E-state index < -0.39 is 29.8 Å². The molecule has 1 aromatic rings. The van der Waals surface area contributed by atoms with Gasteiger partial charge in [0.15, 0.2) is 0 Å². The molecule has 0 spiro atoms. The summed E-state index contributed by atoms with van der Waals surface area (Å²) >= 11 is 0. The second-order valence-corrected chi connectivity index (χ2v) is 11.2. The molecule has 3 unspecified atom stereocenters. The Kier molecular flexibility index (Phi) is 8.40. The first kappa shape index (κ1) is 27.6. The van der Waals surface area contributed by atoms with Crippen LogP contribution in [0.1, 0.15) is 69.7 Å². The summed E-state index contributed by atoms with van der Waals surface area (Å²) in [5.74, 6) is -1.18. The molecule has 0 aromatic heterocycles. The van der Waals surface area contributed by atoms with Gasteiger partial charge in [0.05, 0.1) is 25.1 Å². The van der Waals surface area contributed by atoms with Crippen LogP contribution in [0.15, 0.2) is 35.9 Å². The van der Waals surface area contributed by atoms with Crippen molar-refractivity contribution in [3.8, 4) is 0 Å². The van der Waals surface area contributed by atoms with E-state index in [0.29, 0.717) is 30.9 Å². The van der Waals surface area contributed by atoms with Crippen molar-refractivity contribution in [2.24, 2.45) is 5.73 Å². The lowest BCUT2D eigenvalue weighted by Gasteiger charge is -2.40. The van der Waals surface area contributed by atoms with Crippen LogP contribution in [0.4, 0.5) is 10.5 Å². The molecule has 3 atom stereocenters. The number of hydrogen-bond donors (Lipinski definition) is 2. The van der Waals surface area contributed by atoms with Crippen molar-refractivity contribution in [3.05, 3.63) is 41.5 Å². The standard InChI is InChI=1S/C28H38N4O6/c1-28(2,3)38-27(36)31-16-21-23(17-31)37-22(26(35)32(21)14-13-18-7-5-4-6-8-18)15-24(33)30-20-11-9-19(10-12-20)25(29)34/h7,9-12,21-23H,4-6,8,13-17H2,1-3H3,(H2,29,34)(H,30,33). The van der Waals surface area contributed by atoms with Gasteiger partial charge < -0.3 is 30.3 Å². The highest BCUT2D eigenvalue weighted by Gasteiger charge is 2.49. The fraction of sp³-hybridized carbons (Fsp3) is 0.571. The van der Waals surface area contributed by atoms with Crippen LogP contribution in [-0.4, -0.2) is 77.1 Å². The largest absolute Gasteiger partial charge is 0.444 e. The number of carbonyl (C=O) groups excluding carboxylic acids is 4. The second kappa shape index (κ2) is 11.6. The van der Waals surface area contributed by atoms with E-state index in [-0.39, 0.29) is 24.3 Å². The van der Waals surface area contributed by atoms with E-state index >= 15 is 0 Å². The minimum atomic E-state index is -0.958. The van der Waals surface area contributed by atoms with Gasteiger partial charge in [0.2, 0.25) is 11.8 Å². The Morgan fingerprint density at radius 3 is 2.50 bits per heavy atom. The molecule has 4 amide bonds. The number of nitrogens with two attached hydrogens (primary N) is 1. The molecule has 38 heavy (non-hydrogen) atoms. The number of carbonyl (C=O) groups is 4. The number of primary amides is 1. The first-order valence-electron chi connectivity index (χ1n) is 13.3. The molecule has 4 rings (SSSR count). The number of allylic oxidation sites excluding steroid dienone is 1.